The Balaban J connectivity index is 1.96. The van der Waals surface area contributed by atoms with Gasteiger partial charge in [0.1, 0.15) is 23.0 Å². The molecule has 0 aliphatic carbocycles. The van der Waals surface area contributed by atoms with E-state index in [4.69, 9.17) is 31.8 Å². The summed E-state index contributed by atoms with van der Waals surface area (Å²) >= 11 is 6.02. The molecule has 0 spiro atoms. The first kappa shape index (κ1) is 19.2. The van der Waals surface area contributed by atoms with Gasteiger partial charge in [-0.3, -0.25) is 4.57 Å². The van der Waals surface area contributed by atoms with E-state index < -0.39 is 12.1 Å². The molecule has 0 aliphatic heterocycles. The topological polar surface area (TPSA) is 92.3 Å². The van der Waals surface area contributed by atoms with E-state index in [1.165, 1.54) is 0 Å². The number of hydrogen-bond acceptors (Lipinski definition) is 6. The summed E-state index contributed by atoms with van der Waals surface area (Å²) in [4.78, 5) is 22.3. The van der Waals surface area contributed by atoms with E-state index in [1.807, 2.05) is 24.3 Å². The molecule has 2 aromatic carbocycles. The number of benzene rings is 2. The number of para-hydroxylation sites is 2. The molecular formula is C21H19ClN4O3. The maximum atomic E-state index is 12.9. The molecule has 0 saturated heterocycles. The SMILES string of the molecule is COC[C@H](C)OC(=O)c1c(N)n(-c2ccc(Cl)cc2)c2nc3ccccc3nc12. The summed E-state index contributed by atoms with van der Waals surface area (Å²) in [6, 6.07) is 14.5. The summed E-state index contributed by atoms with van der Waals surface area (Å²) in [6.45, 7) is 2.02. The molecule has 0 amide bonds. The minimum absolute atomic E-state index is 0.177. The van der Waals surface area contributed by atoms with Gasteiger partial charge in [-0.25, -0.2) is 14.8 Å². The maximum Gasteiger partial charge on any atom is 0.344 e. The van der Waals surface area contributed by atoms with Gasteiger partial charge in [-0.2, -0.15) is 0 Å². The average Bonchev–Trinajstić information content (AvgIpc) is 2.98. The second-order valence-corrected chi connectivity index (χ2v) is 7.06. The molecule has 0 bridgehead atoms. The van der Waals surface area contributed by atoms with E-state index in [0.717, 1.165) is 0 Å². The fraction of sp³-hybridized carbons (Fsp3) is 0.190. The molecule has 0 aliphatic rings. The van der Waals surface area contributed by atoms with Gasteiger partial charge in [0.05, 0.1) is 17.6 Å². The highest BCUT2D eigenvalue weighted by molar-refractivity contribution is 6.30. The van der Waals surface area contributed by atoms with Gasteiger partial charge in [0, 0.05) is 17.8 Å². The summed E-state index contributed by atoms with van der Waals surface area (Å²) < 4.78 is 12.2. The van der Waals surface area contributed by atoms with Gasteiger partial charge in [0.2, 0.25) is 0 Å². The van der Waals surface area contributed by atoms with E-state index in [2.05, 4.69) is 4.98 Å². The predicted octanol–water partition coefficient (Wildman–Crippen LogP) is 4.00. The first-order chi connectivity index (χ1) is 14.0. The van der Waals surface area contributed by atoms with Crippen molar-refractivity contribution in [2.75, 3.05) is 19.5 Å². The standard InChI is InChI=1S/C21H19ClN4O3/c1-12(11-28-2)29-21(27)17-18-20(25-16-6-4-3-5-15(16)24-18)26(19(17)23)14-9-7-13(22)8-10-14/h3-10,12H,11,23H2,1-2H3/t12-/m0/s1. The van der Waals surface area contributed by atoms with Crippen LogP contribution in [0.2, 0.25) is 5.02 Å². The predicted molar refractivity (Wildman–Crippen MR) is 113 cm³/mol. The largest absolute Gasteiger partial charge is 0.456 e. The van der Waals surface area contributed by atoms with Crippen molar-refractivity contribution in [2.24, 2.45) is 0 Å². The van der Waals surface area contributed by atoms with E-state index in [1.54, 1.807) is 42.9 Å². The van der Waals surface area contributed by atoms with Crippen LogP contribution in [0.4, 0.5) is 5.82 Å². The molecule has 0 unspecified atom stereocenters. The Kier molecular flexibility index (Phi) is 5.08. The smallest absolute Gasteiger partial charge is 0.344 e. The summed E-state index contributed by atoms with van der Waals surface area (Å²) in [5.41, 5.74) is 9.51. The Hall–Kier alpha value is -3.16. The molecule has 0 radical (unpaired) electrons. The number of halogens is 1. The second-order valence-electron chi connectivity index (χ2n) is 6.63. The average molecular weight is 411 g/mol. The van der Waals surface area contributed by atoms with Crippen molar-refractivity contribution >= 4 is 45.6 Å². The maximum absolute atomic E-state index is 12.9. The van der Waals surface area contributed by atoms with Crippen molar-refractivity contribution in [1.29, 1.82) is 0 Å². The normalized spacial score (nSPS) is 12.4. The molecule has 0 saturated carbocycles. The van der Waals surface area contributed by atoms with Gasteiger partial charge in [0.15, 0.2) is 5.65 Å². The number of fused-ring (bicyclic) bond motifs is 2. The van der Waals surface area contributed by atoms with Crippen molar-refractivity contribution < 1.29 is 14.3 Å². The summed E-state index contributed by atoms with van der Waals surface area (Å²) in [7, 11) is 1.54. The Morgan fingerprint density at radius 1 is 1.14 bits per heavy atom. The van der Waals surface area contributed by atoms with Gasteiger partial charge in [-0.15, -0.1) is 0 Å². The first-order valence-electron chi connectivity index (χ1n) is 9.02. The Morgan fingerprint density at radius 2 is 1.79 bits per heavy atom. The van der Waals surface area contributed by atoms with Gasteiger partial charge in [-0.05, 0) is 43.3 Å². The molecule has 148 valence electrons. The lowest BCUT2D eigenvalue weighted by molar-refractivity contribution is 0.0123. The zero-order valence-corrected chi connectivity index (χ0v) is 16.7. The van der Waals surface area contributed by atoms with Crippen LogP contribution in [0.1, 0.15) is 17.3 Å². The van der Waals surface area contributed by atoms with E-state index in [-0.39, 0.29) is 18.0 Å². The zero-order chi connectivity index (χ0) is 20.5. The van der Waals surface area contributed by atoms with E-state index in [9.17, 15) is 4.79 Å². The Morgan fingerprint density at radius 3 is 2.45 bits per heavy atom. The number of rotatable bonds is 5. The molecule has 8 heteroatoms. The van der Waals surface area contributed by atoms with Crippen LogP contribution in [0.25, 0.3) is 27.9 Å². The molecule has 1 atom stereocenters. The minimum Gasteiger partial charge on any atom is -0.456 e. The number of aromatic nitrogens is 3. The van der Waals surface area contributed by atoms with Crippen LogP contribution in [0.5, 0.6) is 0 Å². The molecule has 0 fully saturated rings. The van der Waals surface area contributed by atoms with E-state index in [0.29, 0.717) is 32.9 Å². The quantitative estimate of drug-likeness (QED) is 0.500. The number of hydrogen-bond donors (Lipinski definition) is 1. The molecule has 4 aromatic rings. The van der Waals surface area contributed by atoms with Crippen LogP contribution in [0.15, 0.2) is 48.5 Å². The zero-order valence-electron chi connectivity index (χ0n) is 15.9. The number of carbonyl (C=O) groups excluding carboxylic acids is 1. The van der Waals surface area contributed by atoms with Crippen molar-refractivity contribution in [2.45, 2.75) is 13.0 Å². The molecular weight excluding hydrogens is 392 g/mol. The number of nitrogens with zero attached hydrogens (tertiary/aromatic N) is 3. The monoisotopic (exact) mass is 410 g/mol. The van der Waals surface area contributed by atoms with E-state index >= 15 is 0 Å². The Bertz CT molecular complexity index is 1200. The molecule has 2 heterocycles. The van der Waals surface area contributed by atoms with Crippen LogP contribution in [-0.2, 0) is 9.47 Å². The van der Waals surface area contributed by atoms with Gasteiger partial charge < -0.3 is 15.2 Å². The number of esters is 1. The van der Waals surface area contributed by atoms with Crippen molar-refractivity contribution in [1.82, 2.24) is 14.5 Å². The molecule has 29 heavy (non-hydrogen) atoms. The number of nitrogen functional groups attached to an aromatic ring is 1. The van der Waals surface area contributed by atoms with Gasteiger partial charge in [0.25, 0.3) is 0 Å². The van der Waals surface area contributed by atoms with Crippen molar-refractivity contribution in [3.05, 3.63) is 59.1 Å². The fourth-order valence-electron chi connectivity index (χ4n) is 3.22. The van der Waals surface area contributed by atoms with Crippen LogP contribution in [0.3, 0.4) is 0 Å². The summed E-state index contributed by atoms with van der Waals surface area (Å²) in [6.07, 6.45) is -0.436. The molecule has 2 aromatic heterocycles. The number of carbonyl (C=O) groups is 1. The first-order valence-corrected chi connectivity index (χ1v) is 9.40. The highest BCUT2D eigenvalue weighted by atomic mass is 35.5. The number of nitrogens with two attached hydrogens (primary N) is 1. The van der Waals surface area contributed by atoms with Crippen molar-refractivity contribution in [3.8, 4) is 5.69 Å². The van der Waals surface area contributed by atoms with Crippen LogP contribution >= 0.6 is 11.6 Å². The lowest BCUT2D eigenvalue weighted by Gasteiger charge is -2.12. The lowest BCUT2D eigenvalue weighted by atomic mass is 10.2. The van der Waals surface area contributed by atoms with Crippen LogP contribution in [0, 0.1) is 0 Å². The highest BCUT2D eigenvalue weighted by Gasteiger charge is 2.27. The second kappa shape index (κ2) is 7.69. The molecule has 2 N–H and O–H groups in total. The number of methoxy groups -OCH3 is 1. The lowest BCUT2D eigenvalue weighted by Crippen LogP contribution is -2.20. The molecule has 4 rings (SSSR count). The van der Waals surface area contributed by atoms with Crippen molar-refractivity contribution in [3.63, 3.8) is 0 Å². The Labute approximate surface area is 172 Å². The number of ether oxygens (including phenoxy) is 2. The minimum atomic E-state index is -0.575. The highest BCUT2D eigenvalue weighted by Crippen LogP contribution is 2.32. The van der Waals surface area contributed by atoms with Crippen LogP contribution < -0.4 is 5.73 Å². The van der Waals surface area contributed by atoms with Gasteiger partial charge >= 0.3 is 5.97 Å². The summed E-state index contributed by atoms with van der Waals surface area (Å²) in [5.74, 6) is -0.374. The third-order valence-corrected chi connectivity index (χ3v) is 4.75. The summed E-state index contributed by atoms with van der Waals surface area (Å²) in [5, 5.41) is 0.591. The fourth-order valence-corrected chi connectivity index (χ4v) is 3.35. The van der Waals surface area contributed by atoms with Gasteiger partial charge in [-0.1, -0.05) is 23.7 Å². The third kappa shape index (κ3) is 3.50. The third-order valence-electron chi connectivity index (χ3n) is 4.50. The van der Waals surface area contributed by atoms with Crippen LogP contribution in [-0.4, -0.2) is 40.3 Å². The molecule has 7 nitrogen and oxygen atoms in total. The number of anilines is 1.